The highest BCUT2D eigenvalue weighted by Crippen LogP contribution is 2.33. The van der Waals surface area contributed by atoms with E-state index in [1.807, 2.05) is 44.2 Å². The topological polar surface area (TPSA) is 26.3 Å². The maximum Gasteiger partial charge on any atom is 0.336 e. The number of fused-ring (bicyclic) bond motifs is 1. The van der Waals surface area contributed by atoms with Crippen LogP contribution in [0.3, 0.4) is 0 Å². The summed E-state index contributed by atoms with van der Waals surface area (Å²) in [5, 5.41) is 1.43. The third-order valence-corrected chi connectivity index (χ3v) is 4.27. The third kappa shape index (κ3) is 4.07. The second kappa shape index (κ2) is 7.88. The molecule has 0 saturated heterocycles. The Labute approximate surface area is 158 Å². The van der Waals surface area contributed by atoms with Crippen LogP contribution in [0, 0.1) is 18.2 Å². The summed E-state index contributed by atoms with van der Waals surface area (Å²) in [5.74, 6) is 2.02. The highest BCUT2D eigenvalue weighted by molar-refractivity contribution is 5.94. The molecule has 0 N–H and O–H groups in total. The molecule has 0 bridgehead atoms. The molecule has 0 heterocycles. The fourth-order valence-electron chi connectivity index (χ4n) is 2.98. The number of carbonyl (C=O) groups excluding carboxylic acids is 1. The molecule has 0 atom stereocenters. The second-order valence-electron chi connectivity index (χ2n) is 6.50. The van der Waals surface area contributed by atoms with Crippen LogP contribution in [0.4, 0.5) is 4.39 Å². The monoisotopic (exact) mass is 358 g/mol. The summed E-state index contributed by atoms with van der Waals surface area (Å²) in [6.45, 7) is 3.97. The van der Waals surface area contributed by atoms with Crippen molar-refractivity contribution < 1.29 is 13.9 Å². The van der Waals surface area contributed by atoms with Crippen LogP contribution in [0.5, 0.6) is 5.75 Å². The minimum atomic E-state index is -0.479. The first-order valence-corrected chi connectivity index (χ1v) is 8.67. The highest BCUT2D eigenvalue weighted by Gasteiger charge is 2.15. The summed E-state index contributed by atoms with van der Waals surface area (Å²) in [6, 6.07) is 15.9. The highest BCUT2D eigenvalue weighted by atomic mass is 19.1. The first kappa shape index (κ1) is 18.4. The summed E-state index contributed by atoms with van der Waals surface area (Å²) < 4.78 is 19.6. The van der Waals surface area contributed by atoms with Gasteiger partial charge in [0.25, 0.3) is 0 Å². The molecule has 3 aromatic rings. The van der Waals surface area contributed by atoms with Crippen LogP contribution in [0.15, 0.2) is 60.7 Å². The number of ether oxygens (including phenoxy) is 1. The molecule has 0 fully saturated rings. The summed E-state index contributed by atoms with van der Waals surface area (Å²) in [6.07, 6.45) is 8.59. The van der Waals surface area contributed by atoms with E-state index in [0.717, 1.165) is 16.5 Å². The number of carbonyl (C=O) groups is 1. The average Bonchev–Trinajstić information content (AvgIpc) is 2.66. The van der Waals surface area contributed by atoms with Gasteiger partial charge in [-0.15, -0.1) is 6.42 Å². The Kier molecular flexibility index (Phi) is 5.38. The first-order valence-electron chi connectivity index (χ1n) is 8.67. The van der Waals surface area contributed by atoms with Gasteiger partial charge in [-0.05, 0) is 46.7 Å². The molecular weight excluding hydrogens is 339 g/mol. The molecule has 0 aliphatic rings. The predicted octanol–water partition coefficient (Wildman–Crippen LogP) is 5.70. The van der Waals surface area contributed by atoms with Crippen molar-refractivity contribution in [1.82, 2.24) is 0 Å². The van der Waals surface area contributed by atoms with Crippen LogP contribution in [0.25, 0.3) is 16.8 Å². The average molecular weight is 358 g/mol. The van der Waals surface area contributed by atoms with E-state index in [9.17, 15) is 9.18 Å². The van der Waals surface area contributed by atoms with Crippen LogP contribution in [-0.4, -0.2) is 5.97 Å². The van der Waals surface area contributed by atoms with Gasteiger partial charge in [0.1, 0.15) is 11.6 Å². The number of benzene rings is 3. The molecule has 3 heteroatoms. The van der Waals surface area contributed by atoms with Crippen molar-refractivity contribution in [2.24, 2.45) is 0 Å². The van der Waals surface area contributed by atoms with Crippen molar-refractivity contribution >= 4 is 22.8 Å². The van der Waals surface area contributed by atoms with Gasteiger partial charge in [-0.1, -0.05) is 56.2 Å². The number of terminal acetylenes is 1. The number of rotatable bonds is 4. The van der Waals surface area contributed by atoms with Crippen molar-refractivity contribution in [3.05, 3.63) is 83.2 Å². The zero-order valence-electron chi connectivity index (χ0n) is 15.2. The molecule has 27 heavy (non-hydrogen) atoms. The lowest BCUT2D eigenvalue weighted by Crippen LogP contribution is -2.05. The molecule has 0 amide bonds. The molecule has 0 radical (unpaired) electrons. The van der Waals surface area contributed by atoms with Gasteiger partial charge in [-0.2, -0.15) is 0 Å². The minimum absolute atomic E-state index is 0.0833. The van der Waals surface area contributed by atoms with Gasteiger partial charge < -0.3 is 4.74 Å². The van der Waals surface area contributed by atoms with Crippen molar-refractivity contribution in [1.29, 1.82) is 0 Å². The van der Waals surface area contributed by atoms with Crippen LogP contribution >= 0.6 is 0 Å². The largest absolute Gasteiger partial charge is 0.423 e. The number of hydrogen-bond donors (Lipinski definition) is 0. The van der Waals surface area contributed by atoms with E-state index in [2.05, 4.69) is 5.92 Å². The molecule has 0 spiro atoms. The normalized spacial score (nSPS) is 11.1. The van der Waals surface area contributed by atoms with Crippen LogP contribution < -0.4 is 4.74 Å². The van der Waals surface area contributed by atoms with Gasteiger partial charge in [-0.3, -0.25) is 0 Å². The Bertz CT molecular complexity index is 1060. The Morgan fingerprint density at radius 2 is 1.89 bits per heavy atom. The Balaban J connectivity index is 1.96. The van der Waals surface area contributed by atoms with E-state index < -0.39 is 11.8 Å². The van der Waals surface area contributed by atoms with Gasteiger partial charge in [0.15, 0.2) is 0 Å². The van der Waals surface area contributed by atoms with Crippen molar-refractivity contribution in [3.8, 4) is 18.1 Å². The Hall–Kier alpha value is -3.38. The van der Waals surface area contributed by atoms with Gasteiger partial charge in [0.2, 0.25) is 0 Å². The Morgan fingerprint density at radius 3 is 2.56 bits per heavy atom. The quantitative estimate of drug-likeness (QED) is 0.259. The fraction of sp³-hybridized carbons (Fsp3) is 0.125. The number of halogens is 1. The fourth-order valence-corrected chi connectivity index (χ4v) is 2.98. The molecule has 0 aromatic heterocycles. The lowest BCUT2D eigenvalue weighted by Gasteiger charge is -2.14. The summed E-state index contributed by atoms with van der Waals surface area (Å²) >= 11 is 0. The summed E-state index contributed by atoms with van der Waals surface area (Å²) in [5.41, 5.74) is 1.98. The van der Waals surface area contributed by atoms with Crippen LogP contribution in [0.2, 0.25) is 0 Å². The standard InChI is InChI=1S/C24H19FO2/c1-4-20-22(25)12-11-18-14-19(15-21(16(2)3)24(18)20)27-23(26)13-10-17-8-6-5-7-9-17/h1,5-16H,2-3H3/b13-10+. The molecule has 0 unspecified atom stereocenters. The SMILES string of the molecule is C#Cc1c(F)ccc2cc(OC(=O)/C=C/c3ccccc3)cc(C(C)C)c12. The minimum Gasteiger partial charge on any atom is -0.423 e. The first-order chi connectivity index (χ1) is 13.0. The van der Waals surface area contributed by atoms with Crippen molar-refractivity contribution in [2.75, 3.05) is 0 Å². The molecule has 0 saturated carbocycles. The second-order valence-corrected chi connectivity index (χ2v) is 6.50. The third-order valence-electron chi connectivity index (χ3n) is 4.27. The zero-order chi connectivity index (χ0) is 19.4. The zero-order valence-corrected chi connectivity index (χ0v) is 15.2. The molecule has 3 aromatic carbocycles. The lowest BCUT2D eigenvalue weighted by atomic mass is 9.92. The van der Waals surface area contributed by atoms with E-state index in [-0.39, 0.29) is 11.5 Å². The van der Waals surface area contributed by atoms with Gasteiger partial charge in [0, 0.05) is 11.5 Å². The maximum absolute atomic E-state index is 14.1. The smallest absolute Gasteiger partial charge is 0.336 e. The van der Waals surface area contributed by atoms with Crippen LogP contribution in [0.1, 0.15) is 36.5 Å². The van der Waals surface area contributed by atoms with E-state index in [0.29, 0.717) is 11.1 Å². The summed E-state index contributed by atoms with van der Waals surface area (Å²) in [7, 11) is 0. The van der Waals surface area contributed by atoms with E-state index in [1.165, 1.54) is 12.1 Å². The number of hydrogen-bond acceptors (Lipinski definition) is 2. The van der Waals surface area contributed by atoms with Gasteiger partial charge >= 0.3 is 5.97 Å². The molecular formula is C24H19FO2. The van der Waals surface area contributed by atoms with Gasteiger partial charge in [0.05, 0.1) is 5.56 Å². The van der Waals surface area contributed by atoms with Crippen LogP contribution in [-0.2, 0) is 4.79 Å². The predicted molar refractivity (Wildman–Crippen MR) is 107 cm³/mol. The van der Waals surface area contributed by atoms with E-state index in [1.54, 1.807) is 24.3 Å². The van der Waals surface area contributed by atoms with Gasteiger partial charge in [-0.25, -0.2) is 9.18 Å². The number of esters is 1. The lowest BCUT2D eigenvalue weighted by molar-refractivity contribution is -0.128. The Morgan fingerprint density at radius 1 is 1.15 bits per heavy atom. The maximum atomic E-state index is 14.1. The molecule has 134 valence electrons. The van der Waals surface area contributed by atoms with Crippen molar-refractivity contribution in [2.45, 2.75) is 19.8 Å². The van der Waals surface area contributed by atoms with E-state index in [4.69, 9.17) is 11.2 Å². The molecule has 3 rings (SSSR count). The van der Waals surface area contributed by atoms with Crippen molar-refractivity contribution in [3.63, 3.8) is 0 Å². The van der Waals surface area contributed by atoms with E-state index >= 15 is 0 Å². The summed E-state index contributed by atoms with van der Waals surface area (Å²) in [4.78, 5) is 12.2. The molecule has 0 aliphatic heterocycles. The molecule has 2 nitrogen and oxygen atoms in total. The molecule has 0 aliphatic carbocycles.